The SMILES string of the molecule is COC(CNc1nc(N[C@H](C)c2cccc(Br)c2C)c2cc(N3CCOCC3)ccc2n1)OC. The van der Waals surface area contributed by atoms with Crippen LogP contribution >= 0.6 is 15.9 Å². The summed E-state index contributed by atoms with van der Waals surface area (Å²) in [6.45, 7) is 7.92. The average molecular weight is 530 g/mol. The van der Waals surface area contributed by atoms with Gasteiger partial charge in [-0.25, -0.2) is 4.98 Å². The molecule has 1 saturated heterocycles. The Morgan fingerprint density at radius 3 is 2.62 bits per heavy atom. The molecule has 8 nitrogen and oxygen atoms in total. The topological polar surface area (TPSA) is 80.8 Å². The van der Waals surface area contributed by atoms with Crippen LogP contribution in [0.5, 0.6) is 0 Å². The molecule has 1 aliphatic heterocycles. The highest BCUT2D eigenvalue weighted by molar-refractivity contribution is 9.10. The number of hydrogen-bond donors (Lipinski definition) is 2. The summed E-state index contributed by atoms with van der Waals surface area (Å²) in [4.78, 5) is 11.9. The van der Waals surface area contributed by atoms with E-state index < -0.39 is 0 Å². The Balaban J connectivity index is 1.70. The number of hydrogen-bond acceptors (Lipinski definition) is 8. The number of benzene rings is 2. The molecule has 1 aromatic heterocycles. The number of halogens is 1. The van der Waals surface area contributed by atoms with E-state index >= 15 is 0 Å². The lowest BCUT2D eigenvalue weighted by Crippen LogP contribution is -2.36. The van der Waals surface area contributed by atoms with E-state index in [-0.39, 0.29) is 12.3 Å². The number of morpholine rings is 1. The Kier molecular flexibility index (Phi) is 8.20. The van der Waals surface area contributed by atoms with E-state index in [1.807, 2.05) is 0 Å². The standard InChI is InChI=1S/C25H32BrN5O3/c1-16-19(6-5-7-21(16)26)17(2)28-24-20-14-18(31-10-12-34-13-11-31)8-9-22(20)29-25(30-24)27-15-23(32-3)33-4/h5-9,14,17,23H,10-13,15H2,1-4H3,(H2,27,28,29,30)/t17-/m1/s1. The maximum Gasteiger partial charge on any atom is 0.225 e. The molecule has 0 amide bonds. The largest absolute Gasteiger partial charge is 0.378 e. The van der Waals surface area contributed by atoms with E-state index in [9.17, 15) is 0 Å². The molecule has 2 aromatic carbocycles. The Labute approximate surface area is 209 Å². The summed E-state index contributed by atoms with van der Waals surface area (Å²) in [5.41, 5.74) is 4.42. The maximum absolute atomic E-state index is 5.52. The molecule has 3 aromatic rings. The minimum atomic E-state index is -0.386. The van der Waals surface area contributed by atoms with Crippen LogP contribution < -0.4 is 15.5 Å². The van der Waals surface area contributed by atoms with Crippen LogP contribution in [0.3, 0.4) is 0 Å². The molecule has 182 valence electrons. The van der Waals surface area contributed by atoms with Gasteiger partial charge in [-0.3, -0.25) is 0 Å². The molecule has 2 N–H and O–H groups in total. The molecule has 0 saturated carbocycles. The highest BCUT2D eigenvalue weighted by Gasteiger charge is 2.17. The van der Waals surface area contributed by atoms with Gasteiger partial charge in [0.1, 0.15) is 5.82 Å². The van der Waals surface area contributed by atoms with Gasteiger partial charge in [-0.05, 0) is 49.2 Å². The Hall–Kier alpha value is -2.46. The van der Waals surface area contributed by atoms with Crippen molar-refractivity contribution in [3.05, 3.63) is 52.0 Å². The molecule has 4 rings (SSSR count). The molecule has 1 fully saturated rings. The lowest BCUT2D eigenvalue weighted by molar-refractivity contribution is -0.0914. The number of anilines is 3. The summed E-state index contributed by atoms with van der Waals surface area (Å²) in [6.07, 6.45) is -0.386. The second kappa shape index (κ2) is 11.3. The molecular formula is C25H32BrN5O3. The number of methoxy groups -OCH3 is 2. The van der Waals surface area contributed by atoms with E-state index in [0.717, 1.165) is 53.2 Å². The zero-order valence-corrected chi connectivity index (χ0v) is 21.7. The van der Waals surface area contributed by atoms with Crippen molar-refractivity contribution < 1.29 is 14.2 Å². The smallest absolute Gasteiger partial charge is 0.225 e. The lowest BCUT2D eigenvalue weighted by Gasteiger charge is -2.29. The predicted molar refractivity (Wildman–Crippen MR) is 140 cm³/mol. The average Bonchev–Trinajstić information content (AvgIpc) is 2.86. The number of nitrogens with zero attached hydrogens (tertiary/aromatic N) is 3. The third kappa shape index (κ3) is 5.60. The molecule has 2 heterocycles. The molecule has 1 atom stereocenters. The van der Waals surface area contributed by atoms with Crippen molar-refractivity contribution in [1.29, 1.82) is 0 Å². The van der Waals surface area contributed by atoms with Gasteiger partial charge in [0.05, 0.1) is 31.3 Å². The Morgan fingerprint density at radius 1 is 1.12 bits per heavy atom. The molecule has 1 aliphatic rings. The van der Waals surface area contributed by atoms with Crippen LogP contribution in [0.25, 0.3) is 10.9 Å². The fraction of sp³-hybridized carbons (Fsp3) is 0.440. The zero-order valence-electron chi connectivity index (χ0n) is 20.1. The lowest BCUT2D eigenvalue weighted by atomic mass is 10.0. The van der Waals surface area contributed by atoms with Crippen LogP contribution in [0.2, 0.25) is 0 Å². The van der Waals surface area contributed by atoms with E-state index in [0.29, 0.717) is 12.5 Å². The van der Waals surface area contributed by atoms with E-state index in [1.54, 1.807) is 14.2 Å². The molecule has 9 heteroatoms. The van der Waals surface area contributed by atoms with Crippen LogP contribution in [-0.2, 0) is 14.2 Å². The van der Waals surface area contributed by atoms with Crippen molar-refractivity contribution in [2.24, 2.45) is 0 Å². The summed E-state index contributed by atoms with van der Waals surface area (Å²) in [5.74, 6) is 1.30. The Bertz CT molecular complexity index is 1120. The minimum Gasteiger partial charge on any atom is -0.378 e. The molecular weight excluding hydrogens is 498 g/mol. The normalized spacial score (nSPS) is 15.1. The van der Waals surface area contributed by atoms with Crippen molar-refractivity contribution in [1.82, 2.24) is 9.97 Å². The number of rotatable bonds is 9. The minimum absolute atomic E-state index is 0.0428. The summed E-state index contributed by atoms with van der Waals surface area (Å²) >= 11 is 3.65. The second-order valence-electron chi connectivity index (χ2n) is 8.30. The first-order valence-corrected chi connectivity index (χ1v) is 12.2. The van der Waals surface area contributed by atoms with Gasteiger partial charge < -0.3 is 29.7 Å². The second-order valence-corrected chi connectivity index (χ2v) is 9.15. The monoisotopic (exact) mass is 529 g/mol. The molecule has 0 aliphatic carbocycles. The predicted octanol–water partition coefficient (Wildman–Crippen LogP) is 4.74. The fourth-order valence-corrected chi connectivity index (χ4v) is 4.52. The van der Waals surface area contributed by atoms with Crippen molar-refractivity contribution in [2.45, 2.75) is 26.2 Å². The zero-order chi connectivity index (χ0) is 24.1. The number of ether oxygens (including phenoxy) is 3. The quantitative estimate of drug-likeness (QED) is 0.384. The van der Waals surface area contributed by atoms with Crippen molar-refractivity contribution in [3.8, 4) is 0 Å². The van der Waals surface area contributed by atoms with Crippen LogP contribution in [0, 0.1) is 6.92 Å². The van der Waals surface area contributed by atoms with Crippen molar-refractivity contribution in [3.63, 3.8) is 0 Å². The summed E-state index contributed by atoms with van der Waals surface area (Å²) in [6, 6.07) is 12.6. The fourth-order valence-electron chi connectivity index (χ4n) is 4.14. The number of fused-ring (bicyclic) bond motifs is 1. The van der Waals surface area contributed by atoms with Crippen LogP contribution in [0.4, 0.5) is 17.5 Å². The van der Waals surface area contributed by atoms with Crippen LogP contribution in [0.1, 0.15) is 24.1 Å². The van der Waals surface area contributed by atoms with Gasteiger partial charge in [0.2, 0.25) is 5.95 Å². The first-order chi connectivity index (χ1) is 16.5. The van der Waals surface area contributed by atoms with Gasteiger partial charge in [-0.15, -0.1) is 0 Å². The van der Waals surface area contributed by atoms with Crippen LogP contribution in [0.15, 0.2) is 40.9 Å². The number of aromatic nitrogens is 2. The summed E-state index contributed by atoms with van der Waals surface area (Å²) in [7, 11) is 3.22. The highest BCUT2D eigenvalue weighted by atomic mass is 79.9. The third-order valence-electron chi connectivity index (χ3n) is 6.14. The van der Waals surface area contributed by atoms with Gasteiger partial charge in [0, 0.05) is 42.9 Å². The Morgan fingerprint density at radius 2 is 1.88 bits per heavy atom. The van der Waals surface area contributed by atoms with Crippen molar-refractivity contribution in [2.75, 3.05) is 62.6 Å². The van der Waals surface area contributed by atoms with Gasteiger partial charge >= 0.3 is 0 Å². The molecule has 0 unspecified atom stereocenters. The number of nitrogens with one attached hydrogen (secondary N) is 2. The van der Waals surface area contributed by atoms with Gasteiger partial charge in [0.25, 0.3) is 0 Å². The summed E-state index contributed by atoms with van der Waals surface area (Å²) in [5, 5.41) is 7.86. The van der Waals surface area contributed by atoms with E-state index in [1.165, 1.54) is 11.1 Å². The summed E-state index contributed by atoms with van der Waals surface area (Å²) < 4.78 is 17.2. The maximum atomic E-state index is 5.52. The third-order valence-corrected chi connectivity index (χ3v) is 7.00. The van der Waals surface area contributed by atoms with E-state index in [2.05, 4.69) is 81.7 Å². The van der Waals surface area contributed by atoms with Crippen molar-refractivity contribution >= 4 is 44.3 Å². The first kappa shape index (κ1) is 24.7. The van der Waals surface area contributed by atoms with Gasteiger partial charge in [-0.2, -0.15) is 4.98 Å². The highest BCUT2D eigenvalue weighted by Crippen LogP contribution is 2.32. The first-order valence-electron chi connectivity index (χ1n) is 11.5. The molecule has 0 bridgehead atoms. The van der Waals surface area contributed by atoms with E-state index in [4.69, 9.17) is 24.2 Å². The molecule has 0 radical (unpaired) electrons. The molecule has 34 heavy (non-hydrogen) atoms. The van der Waals surface area contributed by atoms with Crippen LogP contribution in [-0.4, -0.2) is 63.3 Å². The molecule has 0 spiro atoms. The van der Waals surface area contributed by atoms with Gasteiger partial charge in [0.15, 0.2) is 6.29 Å². The van der Waals surface area contributed by atoms with Gasteiger partial charge in [-0.1, -0.05) is 28.1 Å².